The van der Waals surface area contributed by atoms with E-state index >= 15 is 0 Å². The zero-order valence-electron chi connectivity index (χ0n) is 12.7. The number of aliphatic hydroxyl groups excluding tert-OH is 1. The Morgan fingerprint density at radius 1 is 1.25 bits per heavy atom. The van der Waals surface area contributed by atoms with Gasteiger partial charge < -0.3 is 10.2 Å². The van der Waals surface area contributed by atoms with Crippen molar-refractivity contribution >= 4 is 34.2 Å². The van der Waals surface area contributed by atoms with Crippen molar-refractivity contribution in [2.45, 2.75) is 19.4 Å². The maximum Gasteiger partial charge on any atom is 0.263 e. The summed E-state index contributed by atoms with van der Waals surface area (Å²) >= 11 is 12.0. The summed E-state index contributed by atoms with van der Waals surface area (Å²) in [5.41, 5.74) is 0.437. The second-order valence-electron chi connectivity index (χ2n) is 5.49. The molecule has 1 atom stereocenters. The first-order valence-corrected chi connectivity index (χ1v) is 8.00. The molecule has 1 aromatic carbocycles. The molecule has 0 fully saturated rings. The Kier molecular flexibility index (Phi) is 4.49. The van der Waals surface area contributed by atoms with E-state index in [2.05, 4.69) is 4.98 Å². The minimum Gasteiger partial charge on any atom is -0.507 e. The standard InChI is InChI=1S/C17H14Cl2N2O3/c1-9(22)7-12-15(23)11-3-2-6-20-16(11)21(17(12)24)10-4-5-13(18)14(19)8-10/h2-6,8-9,22-23H,7H2,1H3. The van der Waals surface area contributed by atoms with Crippen LogP contribution >= 0.6 is 23.2 Å². The molecule has 2 heterocycles. The summed E-state index contributed by atoms with van der Waals surface area (Å²) in [5, 5.41) is 21.2. The molecule has 0 aliphatic heterocycles. The molecule has 0 radical (unpaired) electrons. The molecule has 0 bridgehead atoms. The molecular weight excluding hydrogens is 351 g/mol. The molecule has 3 rings (SSSR count). The molecule has 2 aromatic heterocycles. The number of benzene rings is 1. The number of halogens is 2. The van der Waals surface area contributed by atoms with Gasteiger partial charge in [-0.15, -0.1) is 0 Å². The Labute approximate surface area is 147 Å². The Morgan fingerprint density at radius 2 is 2.00 bits per heavy atom. The van der Waals surface area contributed by atoms with Crippen molar-refractivity contribution in [2.75, 3.05) is 0 Å². The quantitative estimate of drug-likeness (QED) is 0.747. The van der Waals surface area contributed by atoms with Crippen molar-refractivity contribution in [1.29, 1.82) is 0 Å². The van der Waals surface area contributed by atoms with Gasteiger partial charge in [0.2, 0.25) is 0 Å². The van der Waals surface area contributed by atoms with Gasteiger partial charge in [-0.1, -0.05) is 23.2 Å². The van der Waals surface area contributed by atoms with Crippen molar-refractivity contribution < 1.29 is 10.2 Å². The smallest absolute Gasteiger partial charge is 0.263 e. The van der Waals surface area contributed by atoms with Crippen molar-refractivity contribution in [3.63, 3.8) is 0 Å². The summed E-state index contributed by atoms with van der Waals surface area (Å²) in [4.78, 5) is 17.1. The lowest BCUT2D eigenvalue weighted by Gasteiger charge is -2.15. The third-order valence-electron chi connectivity index (χ3n) is 3.66. The van der Waals surface area contributed by atoms with Crippen LogP contribution in [0.3, 0.4) is 0 Å². The summed E-state index contributed by atoms with van der Waals surface area (Å²) in [6.45, 7) is 1.55. The predicted molar refractivity (Wildman–Crippen MR) is 94.4 cm³/mol. The first-order valence-electron chi connectivity index (χ1n) is 7.25. The van der Waals surface area contributed by atoms with Gasteiger partial charge in [0.25, 0.3) is 5.56 Å². The van der Waals surface area contributed by atoms with Crippen molar-refractivity contribution in [1.82, 2.24) is 9.55 Å². The number of aromatic nitrogens is 2. The third kappa shape index (κ3) is 2.86. The largest absolute Gasteiger partial charge is 0.507 e. The second kappa shape index (κ2) is 6.43. The summed E-state index contributed by atoms with van der Waals surface area (Å²) in [5.74, 6) is -0.166. The number of nitrogens with zero attached hydrogens (tertiary/aromatic N) is 2. The highest BCUT2D eigenvalue weighted by Gasteiger charge is 2.19. The lowest BCUT2D eigenvalue weighted by molar-refractivity contribution is 0.194. The monoisotopic (exact) mass is 364 g/mol. The van der Waals surface area contributed by atoms with E-state index in [0.29, 0.717) is 26.8 Å². The van der Waals surface area contributed by atoms with Crippen LogP contribution in [-0.4, -0.2) is 25.9 Å². The van der Waals surface area contributed by atoms with E-state index in [0.717, 1.165) is 0 Å². The zero-order chi connectivity index (χ0) is 17.4. The van der Waals surface area contributed by atoms with E-state index in [-0.39, 0.29) is 17.7 Å². The van der Waals surface area contributed by atoms with Crippen molar-refractivity contribution in [3.05, 3.63) is 62.5 Å². The third-order valence-corrected chi connectivity index (χ3v) is 4.40. The van der Waals surface area contributed by atoms with Crippen LogP contribution < -0.4 is 5.56 Å². The van der Waals surface area contributed by atoms with E-state index in [1.54, 1.807) is 37.3 Å². The van der Waals surface area contributed by atoms with Gasteiger partial charge in [0.15, 0.2) is 5.65 Å². The van der Waals surface area contributed by atoms with Gasteiger partial charge in [0.1, 0.15) is 5.75 Å². The minimum atomic E-state index is -0.778. The van der Waals surface area contributed by atoms with Crippen LogP contribution in [0.25, 0.3) is 16.7 Å². The number of hydrogen-bond acceptors (Lipinski definition) is 4. The van der Waals surface area contributed by atoms with Crippen LogP contribution in [0.1, 0.15) is 12.5 Å². The van der Waals surface area contributed by atoms with Crippen LogP contribution in [-0.2, 0) is 6.42 Å². The average Bonchev–Trinajstić information content (AvgIpc) is 2.55. The molecule has 5 nitrogen and oxygen atoms in total. The molecule has 2 N–H and O–H groups in total. The Bertz CT molecular complexity index is 983. The minimum absolute atomic E-state index is 0.0246. The molecule has 0 amide bonds. The zero-order valence-corrected chi connectivity index (χ0v) is 14.2. The van der Waals surface area contributed by atoms with Crippen LogP contribution in [0, 0.1) is 0 Å². The summed E-state index contributed by atoms with van der Waals surface area (Å²) in [6, 6.07) is 8.12. The summed E-state index contributed by atoms with van der Waals surface area (Å²) in [6.07, 6.45) is 0.778. The van der Waals surface area contributed by atoms with Crippen molar-refractivity contribution in [2.24, 2.45) is 0 Å². The Morgan fingerprint density at radius 3 is 2.67 bits per heavy atom. The van der Waals surface area contributed by atoms with Gasteiger partial charge >= 0.3 is 0 Å². The molecule has 0 aliphatic carbocycles. The molecule has 124 valence electrons. The van der Waals surface area contributed by atoms with Crippen molar-refractivity contribution in [3.8, 4) is 11.4 Å². The average molecular weight is 365 g/mol. The molecule has 24 heavy (non-hydrogen) atoms. The molecule has 0 aliphatic rings. The van der Waals surface area contributed by atoms with Gasteiger partial charge in [-0.25, -0.2) is 4.98 Å². The molecular formula is C17H14Cl2N2O3. The number of fused-ring (bicyclic) bond motifs is 1. The number of hydrogen-bond donors (Lipinski definition) is 2. The first-order chi connectivity index (χ1) is 11.4. The highest BCUT2D eigenvalue weighted by atomic mass is 35.5. The molecule has 0 saturated heterocycles. The number of rotatable bonds is 3. The van der Waals surface area contributed by atoms with E-state index in [9.17, 15) is 15.0 Å². The summed E-state index contributed by atoms with van der Waals surface area (Å²) < 4.78 is 1.36. The van der Waals surface area contributed by atoms with Crippen LogP contribution in [0.4, 0.5) is 0 Å². The van der Waals surface area contributed by atoms with Gasteiger partial charge in [0, 0.05) is 12.6 Å². The first kappa shape index (κ1) is 16.8. The SMILES string of the molecule is CC(O)Cc1c(O)c2cccnc2n(-c2ccc(Cl)c(Cl)c2)c1=O. The van der Waals surface area contributed by atoms with E-state index < -0.39 is 11.7 Å². The second-order valence-corrected chi connectivity index (χ2v) is 6.31. The lowest BCUT2D eigenvalue weighted by Crippen LogP contribution is -2.25. The number of pyridine rings is 2. The van der Waals surface area contributed by atoms with Gasteiger partial charge in [-0.2, -0.15) is 0 Å². The summed E-state index contributed by atoms with van der Waals surface area (Å²) in [7, 11) is 0. The highest BCUT2D eigenvalue weighted by molar-refractivity contribution is 6.42. The molecule has 3 aromatic rings. The predicted octanol–water partition coefficient (Wildman–Crippen LogP) is 3.32. The molecule has 7 heteroatoms. The number of aromatic hydroxyl groups is 1. The van der Waals surface area contributed by atoms with E-state index in [4.69, 9.17) is 23.2 Å². The van der Waals surface area contributed by atoms with E-state index in [1.807, 2.05) is 0 Å². The Balaban J connectivity index is 2.41. The fourth-order valence-corrected chi connectivity index (χ4v) is 2.89. The number of aliphatic hydroxyl groups is 1. The van der Waals surface area contributed by atoms with E-state index in [1.165, 1.54) is 10.8 Å². The maximum atomic E-state index is 12.9. The lowest BCUT2D eigenvalue weighted by atomic mass is 10.1. The van der Waals surface area contributed by atoms with Crippen LogP contribution in [0.2, 0.25) is 10.0 Å². The van der Waals surface area contributed by atoms with Crippen LogP contribution in [0.15, 0.2) is 41.3 Å². The molecule has 0 saturated carbocycles. The maximum absolute atomic E-state index is 12.9. The van der Waals surface area contributed by atoms with Gasteiger partial charge in [-0.3, -0.25) is 9.36 Å². The Hall–Kier alpha value is -2.08. The normalized spacial score (nSPS) is 12.5. The fourth-order valence-electron chi connectivity index (χ4n) is 2.60. The van der Waals surface area contributed by atoms with Gasteiger partial charge in [0.05, 0.1) is 32.8 Å². The van der Waals surface area contributed by atoms with Crippen LogP contribution in [0.5, 0.6) is 5.75 Å². The van der Waals surface area contributed by atoms with Gasteiger partial charge in [-0.05, 0) is 37.3 Å². The molecule has 1 unspecified atom stereocenters. The molecule has 0 spiro atoms. The topological polar surface area (TPSA) is 75.3 Å². The highest BCUT2D eigenvalue weighted by Crippen LogP contribution is 2.29. The fraction of sp³-hybridized carbons (Fsp3) is 0.176.